The van der Waals surface area contributed by atoms with Crippen molar-refractivity contribution in [2.75, 3.05) is 11.4 Å². The summed E-state index contributed by atoms with van der Waals surface area (Å²) >= 11 is 11.3. The molecule has 0 spiro atoms. The van der Waals surface area contributed by atoms with E-state index in [-0.39, 0.29) is 0 Å². The van der Waals surface area contributed by atoms with Crippen molar-refractivity contribution < 1.29 is 0 Å². The highest BCUT2D eigenvalue weighted by Crippen LogP contribution is 2.34. The summed E-state index contributed by atoms with van der Waals surface area (Å²) in [6.07, 6.45) is 1.20. The number of halogens is 1. The first-order valence-corrected chi connectivity index (χ1v) is 6.64. The molecule has 2 N–H and O–H groups in total. The second-order valence-electron chi connectivity index (χ2n) is 4.84. The maximum absolute atomic E-state index is 6.19. The summed E-state index contributed by atoms with van der Waals surface area (Å²) in [7, 11) is 0. The van der Waals surface area contributed by atoms with Crippen molar-refractivity contribution in [3.05, 3.63) is 28.8 Å². The molecule has 17 heavy (non-hydrogen) atoms. The molecule has 2 rings (SSSR count). The van der Waals surface area contributed by atoms with Crippen LogP contribution in [0.25, 0.3) is 0 Å². The Hall–Kier alpha value is -0.800. The van der Waals surface area contributed by atoms with E-state index >= 15 is 0 Å². The zero-order chi connectivity index (χ0) is 12.6. The van der Waals surface area contributed by atoms with Gasteiger partial charge in [-0.05, 0) is 31.4 Å². The van der Waals surface area contributed by atoms with E-state index < -0.39 is 0 Å². The minimum Gasteiger partial charge on any atom is -0.389 e. The Kier molecular flexibility index (Phi) is 3.59. The molecule has 0 amide bonds. The molecule has 0 saturated carbocycles. The molecule has 2 atom stereocenters. The lowest BCUT2D eigenvalue weighted by molar-refractivity contribution is 0.625. The monoisotopic (exact) mass is 268 g/mol. The van der Waals surface area contributed by atoms with Crippen LogP contribution in [0.5, 0.6) is 0 Å². The highest BCUT2D eigenvalue weighted by Gasteiger charge is 2.28. The average molecular weight is 269 g/mol. The third-order valence-electron chi connectivity index (χ3n) is 3.33. The largest absolute Gasteiger partial charge is 0.389 e. The van der Waals surface area contributed by atoms with Gasteiger partial charge < -0.3 is 10.6 Å². The molecule has 2 nitrogen and oxygen atoms in total. The van der Waals surface area contributed by atoms with Gasteiger partial charge in [0.15, 0.2) is 0 Å². The quantitative estimate of drug-likeness (QED) is 0.836. The molecule has 0 aliphatic carbocycles. The summed E-state index contributed by atoms with van der Waals surface area (Å²) < 4.78 is 0. The Bertz CT molecular complexity index is 447. The number of thiocarbonyl (C=S) groups is 1. The highest BCUT2D eigenvalue weighted by molar-refractivity contribution is 7.80. The Morgan fingerprint density at radius 3 is 2.71 bits per heavy atom. The molecule has 1 aromatic rings. The molecule has 1 fully saturated rings. The van der Waals surface area contributed by atoms with E-state index in [1.54, 1.807) is 0 Å². The molecule has 1 aliphatic heterocycles. The van der Waals surface area contributed by atoms with E-state index in [4.69, 9.17) is 29.6 Å². The molecule has 1 heterocycles. The van der Waals surface area contributed by atoms with E-state index in [2.05, 4.69) is 24.8 Å². The van der Waals surface area contributed by atoms with E-state index in [0.29, 0.717) is 22.0 Å². The van der Waals surface area contributed by atoms with Gasteiger partial charge in [0.2, 0.25) is 0 Å². The summed E-state index contributed by atoms with van der Waals surface area (Å²) in [5.74, 6) is 0.697. The number of rotatable bonds is 2. The van der Waals surface area contributed by atoms with Gasteiger partial charge in [-0.25, -0.2) is 0 Å². The van der Waals surface area contributed by atoms with Crippen LogP contribution in [0.15, 0.2) is 18.2 Å². The fourth-order valence-corrected chi connectivity index (χ4v) is 3.17. The van der Waals surface area contributed by atoms with E-state index in [0.717, 1.165) is 17.8 Å². The van der Waals surface area contributed by atoms with Crippen LogP contribution in [0.2, 0.25) is 5.02 Å². The van der Waals surface area contributed by atoms with E-state index in [1.807, 2.05) is 12.1 Å². The summed E-state index contributed by atoms with van der Waals surface area (Å²) in [6.45, 7) is 5.53. The molecule has 0 aromatic heterocycles. The number of nitrogens with two attached hydrogens (primary N) is 1. The first-order chi connectivity index (χ1) is 8.00. The molecule has 1 aliphatic rings. The van der Waals surface area contributed by atoms with Crippen LogP contribution in [0.1, 0.15) is 25.8 Å². The van der Waals surface area contributed by atoms with Gasteiger partial charge in [-0.15, -0.1) is 0 Å². The molecule has 1 aromatic carbocycles. The van der Waals surface area contributed by atoms with E-state index in [9.17, 15) is 0 Å². The minimum atomic E-state index is 0.373. The number of hydrogen-bond acceptors (Lipinski definition) is 2. The SMILES string of the molecule is CC1CC(C)N(c2cccc(Cl)c2C(N)=S)C1. The van der Waals surface area contributed by atoms with Gasteiger partial charge in [-0.1, -0.05) is 36.8 Å². The Labute approximate surface area is 113 Å². The Morgan fingerprint density at radius 2 is 2.18 bits per heavy atom. The molecular weight excluding hydrogens is 252 g/mol. The third kappa shape index (κ3) is 2.40. The average Bonchev–Trinajstić information content (AvgIpc) is 2.56. The highest BCUT2D eigenvalue weighted by atomic mass is 35.5. The lowest BCUT2D eigenvalue weighted by Gasteiger charge is -2.26. The van der Waals surface area contributed by atoms with Gasteiger partial charge in [0, 0.05) is 18.3 Å². The predicted molar refractivity (Wildman–Crippen MR) is 77.9 cm³/mol. The summed E-state index contributed by atoms with van der Waals surface area (Å²) in [6, 6.07) is 6.35. The van der Waals surface area contributed by atoms with Crippen molar-refractivity contribution in [2.45, 2.75) is 26.3 Å². The van der Waals surface area contributed by atoms with Gasteiger partial charge in [0.05, 0.1) is 10.6 Å². The molecule has 92 valence electrons. The fourth-order valence-electron chi connectivity index (χ4n) is 2.63. The third-order valence-corrected chi connectivity index (χ3v) is 3.85. The van der Waals surface area contributed by atoms with Gasteiger partial charge in [-0.2, -0.15) is 0 Å². The van der Waals surface area contributed by atoms with Gasteiger partial charge >= 0.3 is 0 Å². The van der Waals surface area contributed by atoms with Crippen molar-refractivity contribution in [1.29, 1.82) is 0 Å². The van der Waals surface area contributed by atoms with Crippen LogP contribution in [0.3, 0.4) is 0 Å². The fraction of sp³-hybridized carbons (Fsp3) is 0.462. The molecule has 4 heteroatoms. The lowest BCUT2D eigenvalue weighted by atomic mass is 10.1. The first-order valence-electron chi connectivity index (χ1n) is 5.85. The van der Waals surface area contributed by atoms with Crippen molar-refractivity contribution in [2.24, 2.45) is 11.7 Å². The van der Waals surface area contributed by atoms with Crippen molar-refractivity contribution in [3.8, 4) is 0 Å². The second-order valence-corrected chi connectivity index (χ2v) is 5.69. The minimum absolute atomic E-state index is 0.373. The smallest absolute Gasteiger partial charge is 0.107 e. The van der Waals surface area contributed by atoms with Crippen LogP contribution in [0, 0.1) is 5.92 Å². The van der Waals surface area contributed by atoms with Crippen LogP contribution < -0.4 is 10.6 Å². The molecular formula is C13H17ClN2S. The summed E-state index contributed by atoms with van der Waals surface area (Å²) in [5, 5.41) is 0.641. The van der Waals surface area contributed by atoms with Crippen molar-refractivity contribution in [1.82, 2.24) is 0 Å². The Balaban J connectivity index is 2.45. The molecule has 0 bridgehead atoms. The number of anilines is 1. The summed E-state index contributed by atoms with van der Waals surface area (Å²) in [5.41, 5.74) is 7.66. The van der Waals surface area contributed by atoms with Gasteiger partial charge in [-0.3, -0.25) is 0 Å². The molecule has 1 saturated heterocycles. The zero-order valence-corrected chi connectivity index (χ0v) is 11.7. The van der Waals surface area contributed by atoms with Crippen LogP contribution >= 0.6 is 23.8 Å². The molecule has 2 unspecified atom stereocenters. The normalized spacial score (nSPS) is 24.1. The standard InChI is InChI=1S/C13H17ClN2S/c1-8-6-9(2)16(7-8)11-5-3-4-10(14)12(11)13(15)17/h3-5,8-9H,6-7H2,1-2H3,(H2,15,17). The van der Waals surface area contributed by atoms with Gasteiger partial charge in [0.25, 0.3) is 0 Å². The first kappa shape index (κ1) is 12.7. The van der Waals surface area contributed by atoms with Crippen LogP contribution in [-0.2, 0) is 0 Å². The topological polar surface area (TPSA) is 29.3 Å². The number of hydrogen-bond donors (Lipinski definition) is 1. The maximum Gasteiger partial charge on any atom is 0.107 e. The second kappa shape index (κ2) is 4.83. The van der Waals surface area contributed by atoms with Crippen LogP contribution in [-0.4, -0.2) is 17.6 Å². The number of nitrogens with zero attached hydrogens (tertiary/aromatic N) is 1. The Morgan fingerprint density at radius 1 is 1.47 bits per heavy atom. The van der Waals surface area contributed by atoms with Crippen molar-refractivity contribution in [3.63, 3.8) is 0 Å². The maximum atomic E-state index is 6.19. The number of benzene rings is 1. The van der Waals surface area contributed by atoms with Gasteiger partial charge in [0.1, 0.15) is 4.99 Å². The predicted octanol–water partition coefficient (Wildman–Crippen LogP) is 3.21. The zero-order valence-electron chi connectivity index (χ0n) is 10.1. The molecule has 0 radical (unpaired) electrons. The van der Waals surface area contributed by atoms with Crippen molar-refractivity contribution >= 4 is 34.5 Å². The lowest BCUT2D eigenvalue weighted by Crippen LogP contribution is -2.29. The summed E-state index contributed by atoms with van der Waals surface area (Å²) in [4.78, 5) is 2.72. The van der Waals surface area contributed by atoms with E-state index in [1.165, 1.54) is 6.42 Å². The van der Waals surface area contributed by atoms with Crippen LogP contribution in [0.4, 0.5) is 5.69 Å².